The predicted octanol–water partition coefficient (Wildman–Crippen LogP) is 3.73. The topological polar surface area (TPSA) is 40.6 Å². The number of carbonyl (C=O) groups is 2. The zero-order chi connectivity index (χ0) is 18.1. The van der Waals surface area contributed by atoms with Crippen LogP contribution >= 0.6 is 11.6 Å². The fourth-order valence-corrected chi connectivity index (χ4v) is 3.65. The van der Waals surface area contributed by atoms with Gasteiger partial charge in [-0.3, -0.25) is 19.4 Å². The number of imide groups is 1. The van der Waals surface area contributed by atoms with Crippen LogP contribution in [-0.2, 0) is 0 Å². The molecule has 2 aromatic rings. The molecule has 0 aliphatic carbocycles. The maximum absolute atomic E-state index is 12.4. The highest BCUT2D eigenvalue weighted by molar-refractivity contribution is 6.30. The molecule has 2 aliphatic heterocycles. The molecule has 2 heterocycles. The van der Waals surface area contributed by atoms with E-state index < -0.39 is 0 Å². The number of amides is 2. The molecule has 0 N–H and O–H groups in total. The minimum absolute atomic E-state index is 0.181. The maximum atomic E-state index is 12.4. The Morgan fingerprint density at radius 1 is 0.885 bits per heavy atom. The Morgan fingerprint density at radius 3 is 2.12 bits per heavy atom. The first kappa shape index (κ1) is 17.0. The summed E-state index contributed by atoms with van der Waals surface area (Å²) in [5.41, 5.74) is 3.55. The molecule has 0 aromatic heterocycles. The van der Waals surface area contributed by atoms with Crippen molar-refractivity contribution in [2.24, 2.45) is 0 Å². The molecule has 0 fully saturated rings. The Kier molecular flexibility index (Phi) is 4.62. The highest BCUT2D eigenvalue weighted by atomic mass is 35.5. The molecule has 2 aromatic carbocycles. The van der Waals surface area contributed by atoms with Crippen molar-refractivity contribution >= 4 is 29.0 Å². The Balaban J connectivity index is 1.36. The highest BCUT2D eigenvalue weighted by Crippen LogP contribution is 2.25. The second-order valence-electron chi connectivity index (χ2n) is 6.59. The van der Waals surface area contributed by atoms with E-state index in [1.807, 2.05) is 24.3 Å². The maximum Gasteiger partial charge on any atom is 0.261 e. The van der Waals surface area contributed by atoms with Gasteiger partial charge in [0.1, 0.15) is 0 Å². The molecule has 2 amide bonds. The molecular formula is C21H19ClN2O2. The third-order valence-electron chi connectivity index (χ3n) is 5.03. The van der Waals surface area contributed by atoms with Gasteiger partial charge >= 0.3 is 0 Å². The molecule has 4 nitrogen and oxygen atoms in total. The van der Waals surface area contributed by atoms with E-state index >= 15 is 0 Å². The van der Waals surface area contributed by atoms with Crippen molar-refractivity contribution in [3.63, 3.8) is 0 Å². The van der Waals surface area contributed by atoms with Crippen molar-refractivity contribution in [2.75, 3.05) is 26.2 Å². The molecule has 132 valence electrons. The van der Waals surface area contributed by atoms with Crippen molar-refractivity contribution in [1.29, 1.82) is 0 Å². The second-order valence-corrected chi connectivity index (χ2v) is 7.03. The third kappa shape index (κ3) is 3.18. The van der Waals surface area contributed by atoms with Gasteiger partial charge in [0, 0.05) is 31.2 Å². The van der Waals surface area contributed by atoms with Gasteiger partial charge in [-0.1, -0.05) is 41.9 Å². The van der Waals surface area contributed by atoms with Crippen molar-refractivity contribution < 1.29 is 9.59 Å². The van der Waals surface area contributed by atoms with Gasteiger partial charge in [0.15, 0.2) is 0 Å². The molecule has 0 saturated carbocycles. The second kappa shape index (κ2) is 7.06. The van der Waals surface area contributed by atoms with Crippen LogP contribution in [-0.4, -0.2) is 47.8 Å². The van der Waals surface area contributed by atoms with E-state index in [-0.39, 0.29) is 11.8 Å². The number of benzene rings is 2. The lowest BCUT2D eigenvalue weighted by Gasteiger charge is -2.28. The molecule has 0 bridgehead atoms. The molecule has 4 rings (SSSR count). The summed E-state index contributed by atoms with van der Waals surface area (Å²) in [6.45, 7) is 2.85. The molecule has 2 aliphatic rings. The fraction of sp³-hybridized carbons (Fsp3) is 0.238. The summed E-state index contributed by atoms with van der Waals surface area (Å²) in [6.07, 6.45) is 3.17. The van der Waals surface area contributed by atoms with E-state index in [1.54, 1.807) is 24.3 Å². The number of rotatable bonds is 4. The van der Waals surface area contributed by atoms with E-state index in [4.69, 9.17) is 11.6 Å². The lowest BCUT2D eigenvalue weighted by atomic mass is 9.99. The summed E-state index contributed by atoms with van der Waals surface area (Å²) in [4.78, 5) is 28.4. The monoisotopic (exact) mass is 366 g/mol. The number of nitrogens with zero attached hydrogens (tertiary/aromatic N) is 2. The molecule has 5 heteroatoms. The Labute approximate surface area is 157 Å². The molecule has 0 unspecified atom stereocenters. The largest absolute Gasteiger partial charge is 0.298 e. The van der Waals surface area contributed by atoms with Gasteiger partial charge in [-0.05, 0) is 41.8 Å². The van der Waals surface area contributed by atoms with E-state index in [2.05, 4.69) is 11.0 Å². The van der Waals surface area contributed by atoms with Crippen LogP contribution < -0.4 is 0 Å². The minimum atomic E-state index is -0.181. The van der Waals surface area contributed by atoms with Crippen molar-refractivity contribution in [3.05, 3.63) is 76.3 Å². The average Bonchev–Trinajstić information content (AvgIpc) is 2.92. The van der Waals surface area contributed by atoms with Gasteiger partial charge in [0.2, 0.25) is 0 Å². The number of halogens is 1. The normalized spacial score (nSPS) is 17.4. The van der Waals surface area contributed by atoms with Gasteiger partial charge in [-0.15, -0.1) is 0 Å². The van der Waals surface area contributed by atoms with Gasteiger partial charge in [-0.25, -0.2) is 0 Å². The standard InChI is InChI=1S/C21H19ClN2O2/c22-17-7-5-15(6-8-17)16-9-11-23(12-10-16)13-14-24-20(25)18-3-1-2-4-19(18)21(24)26/h1-9H,10-14H2. The lowest BCUT2D eigenvalue weighted by Crippen LogP contribution is -2.39. The summed E-state index contributed by atoms with van der Waals surface area (Å²) in [5, 5.41) is 0.743. The van der Waals surface area contributed by atoms with E-state index in [0.717, 1.165) is 24.5 Å². The fourth-order valence-electron chi connectivity index (χ4n) is 3.52. The zero-order valence-electron chi connectivity index (χ0n) is 14.3. The number of fused-ring (bicyclic) bond motifs is 1. The summed E-state index contributed by atoms with van der Waals surface area (Å²) in [5.74, 6) is -0.361. The number of hydrogen-bond donors (Lipinski definition) is 0. The van der Waals surface area contributed by atoms with Crippen LogP contribution in [0.25, 0.3) is 5.57 Å². The van der Waals surface area contributed by atoms with E-state index in [1.165, 1.54) is 16.0 Å². The van der Waals surface area contributed by atoms with Gasteiger partial charge in [0.05, 0.1) is 11.1 Å². The molecule has 26 heavy (non-hydrogen) atoms. The smallest absolute Gasteiger partial charge is 0.261 e. The molecular weight excluding hydrogens is 348 g/mol. The van der Waals surface area contributed by atoms with Crippen LogP contribution in [0.5, 0.6) is 0 Å². The first-order valence-corrected chi connectivity index (χ1v) is 9.14. The summed E-state index contributed by atoms with van der Waals surface area (Å²) < 4.78 is 0. The van der Waals surface area contributed by atoms with Crippen LogP contribution in [0, 0.1) is 0 Å². The average molecular weight is 367 g/mol. The SMILES string of the molecule is O=C1c2ccccc2C(=O)N1CCN1CC=C(c2ccc(Cl)cc2)CC1. The lowest BCUT2D eigenvalue weighted by molar-refractivity contribution is 0.0638. The van der Waals surface area contributed by atoms with Crippen LogP contribution in [0.3, 0.4) is 0 Å². The van der Waals surface area contributed by atoms with Crippen LogP contribution in [0.2, 0.25) is 5.02 Å². The molecule has 0 radical (unpaired) electrons. The van der Waals surface area contributed by atoms with Crippen LogP contribution in [0.4, 0.5) is 0 Å². The summed E-state index contributed by atoms with van der Waals surface area (Å²) >= 11 is 5.95. The van der Waals surface area contributed by atoms with E-state index in [9.17, 15) is 9.59 Å². The van der Waals surface area contributed by atoms with Gasteiger partial charge in [0.25, 0.3) is 11.8 Å². The quantitative estimate of drug-likeness (QED) is 0.774. The zero-order valence-corrected chi connectivity index (χ0v) is 15.1. The Morgan fingerprint density at radius 2 is 1.54 bits per heavy atom. The third-order valence-corrected chi connectivity index (χ3v) is 5.28. The van der Waals surface area contributed by atoms with Gasteiger partial charge < -0.3 is 0 Å². The molecule has 0 saturated heterocycles. The number of hydrogen-bond acceptors (Lipinski definition) is 3. The number of carbonyl (C=O) groups excluding carboxylic acids is 2. The summed E-state index contributed by atoms with van der Waals surface area (Å²) in [7, 11) is 0. The highest BCUT2D eigenvalue weighted by Gasteiger charge is 2.34. The molecule has 0 spiro atoms. The van der Waals surface area contributed by atoms with Crippen molar-refractivity contribution in [1.82, 2.24) is 9.80 Å². The van der Waals surface area contributed by atoms with Crippen molar-refractivity contribution in [2.45, 2.75) is 6.42 Å². The minimum Gasteiger partial charge on any atom is -0.298 e. The van der Waals surface area contributed by atoms with Gasteiger partial charge in [-0.2, -0.15) is 0 Å². The van der Waals surface area contributed by atoms with Crippen LogP contribution in [0.1, 0.15) is 32.7 Å². The Hall–Kier alpha value is -2.43. The first-order chi connectivity index (χ1) is 12.6. The summed E-state index contributed by atoms with van der Waals surface area (Å²) in [6, 6.07) is 14.9. The van der Waals surface area contributed by atoms with Crippen molar-refractivity contribution in [3.8, 4) is 0 Å². The molecule has 0 atom stereocenters. The Bertz CT molecular complexity index is 854. The predicted molar refractivity (Wildman–Crippen MR) is 102 cm³/mol. The van der Waals surface area contributed by atoms with E-state index in [0.29, 0.717) is 24.2 Å². The van der Waals surface area contributed by atoms with Crippen LogP contribution in [0.15, 0.2) is 54.6 Å². The first-order valence-electron chi connectivity index (χ1n) is 8.76.